The van der Waals surface area contributed by atoms with Gasteiger partial charge in [0.05, 0.1) is 17.3 Å². The Balaban J connectivity index is 2.69. The van der Waals surface area contributed by atoms with E-state index in [0.29, 0.717) is 27.8 Å². The highest BCUT2D eigenvalue weighted by Crippen LogP contribution is 2.28. The second-order valence-electron chi connectivity index (χ2n) is 4.84. The van der Waals surface area contributed by atoms with Gasteiger partial charge in [0, 0.05) is 17.0 Å². The molecule has 1 aromatic heterocycles. The van der Waals surface area contributed by atoms with E-state index in [4.69, 9.17) is 16.9 Å². The lowest BCUT2D eigenvalue weighted by molar-refractivity contribution is 0.627. The van der Waals surface area contributed by atoms with E-state index in [9.17, 15) is 4.39 Å². The van der Waals surface area contributed by atoms with Crippen molar-refractivity contribution in [1.29, 1.82) is 5.26 Å². The van der Waals surface area contributed by atoms with Gasteiger partial charge in [0.25, 0.3) is 0 Å². The Morgan fingerprint density at radius 3 is 2.55 bits per heavy atom. The summed E-state index contributed by atoms with van der Waals surface area (Å²) in [5, 5.41) is 9.27. The molecule has 2 rings (SSSR count). The summed E-state index contributed by atoms with van der Waals surface area (Å²) in [5.41, 5.74) is 2.01. The molecule has 3 nitrogen and oxygen atoms in total. The molecule has 102 valence electrons. The van der Waals surface area contributed by atoms with E-state index in [1.165, 1.54) is 12.1 Å². The number of benzene rings is 1. The molecule has 0 fully saturated rings. The fraction of sp³-hybridized carbons (Fsp3) is 0.267. The Morgan fingerprint density at radius 2 is 1.95 bits per heavy atom. The van der Waals surface area contributed by atoms with E-state index in [2.05, 4.69) is 9.97 Å². The molecule has 20 heavy (non-hydrogen) atoms. The maximum Gasteiger partial charge on any atom is 0.136 e. The van der Waals surface area contributed by atoms with Crippen LogP contribution in [0.5, 0.6) is 0 Å². The number of hydrogen-bond acceptors (Lipinski definition) is 3. The van der Waals surface area contributed by atoms with Crippen LogP contribution in [0.15, 0.2) is 18.2 Å². The predicted molar refractivity (Wildman–Crippen MR) is 76.0 cm³/mol. The zero-order chi connectivity index (χ0) is 14.9. The van der Waals surface area contributed by atoms with Crippen LogP contribution in [0, 0.1) is 24.1 Å². The number of halogens is 2. The molecule has 0 aliphatic carbocycles. The average molecular weight is 290 g/mol. The van der Waals surface area contributed by atoms with Crippen molar-refractivity contribution >= 4 is 11.6 Å². The van der Waals surface area contributed by atoms with Gasteiger partial charge in [-0.05, 0) is 25.1 Å². The monoisotopic (exact) mass is 289 g/mol. The Bertz CT molecular complexity index is 705. The summed E-state index contributed by atoms with van der Waals surface area (Å²) in [6.07, 6.45) is 0. The van der Waals surface area contributed by atoms with Crippen LogP contribution < -0.4 is 0 Å². The molecule has 0 radical (unpaired) electrons. The molecule has 0 spiro atoms. The van der Waals surface area contributed by atoms with Crippen LogP contribution in [0.3, 0.4) is 0 Å². The Morgan fingerprint density at radius 1 is 1.25 bits per heavy atom. The number of nitriles is 1. The Hall–Kier alpha value is -1.99. The molecule has 0 aliphatic rings. The second-order valence-corrected chi connectivity index (χ2v) is 5.20. The molecule has 0 amide bonds. The Labute approximate surface area is 122 Å². The number of rotatable bonds is 2. The number of aromatic nitrogens is 2. The Kier molecular flexibility index (Phi) is 4.01. The molecule has 1 heterocycles. The standard InChI is InChI=1S/C15H13ClFN3/c1-8(2)15-19-13(9(3)14(16)20-15)11-4-10(7-18)5-12(17)6-11/h4-6,8H,1-3H3. The van der Waals surface area contributed by atoms with Gasteiger partial charge in [0.15, 0.2) is 0 Å². The minimum Gasteiger partial charge on any atom is -0.232 e. The lowest BCUT2D eigenvalue weighted by atomic mass is 10.0. The molecule has 0 aliphatic heterocycles. The predicted octanol–water partition coefficient (Wildman–Crippen LogP) is 4.24. The summed E-state index contributed by atoms with van der Waals surface area (Å²) >= 11 is 6.12. The van der Waals surface area contributed by atoms with Gasteiger partial charge in [0.2, 0.25) is 0 Å². The van der Waals surface area contributed by atoms with Gasteiger partial charge >= 0.3 is 0 Å². The van der Waals surface area contributed by atoms with E-state index < -0.39 is 5.82 Å². The lowest BCUT2D eigenvalue weighted by Gasteiger charge is -2.11. The van der Waals surface area contributed by atoms with Crippen molar-refractivity contribution in [2.24, 2.45) is 0 Å². The zero-order valence-corrected chi connectivity index (χ0v) is 12.2. The van der Waals surface area contributed by atoms with Crippen molar-refractivity contribution in [2.45, 2.75) is 26.7 Å². The van der Waals surface area contributed by atoms with Gasteiger partial charge in [-0.15, -0.1) is 0 Å². The zero-order valence-electron chi connectivity index (χ0n) is 11.4. The molecule has 1 aromatic carbocycles. The summed E-state index contributed by atoms with van der Waals surface area (Å²) in [7, 11) is 0. The maximum atomic E-state index is 13.6. The molecule has 5 heteroatoms. The highest BCUT2D eigenvalue weighted by atomic mass is 35.5. The fourth-order valence-corrected chi connectivity index (χ4v) is 2.01. The van der Waals surface area contributed by atoms with Crippen LogP contribution in [0.25, 0.3) is 11.3 Å². The van der Waals surface area contributed by atoms with E-state index in [1.807, 2.05) is 19.9 Å². The quantitative estimate of drug-likeness (QED) is 0.777. The van der Waals surface area contributed by atoms with Crippen LogP contribution >= 0.6 is 11.6 Å². The van der Waals surface area contributed by atoms with Crippen LogP contribution in [0.2, 0.25) is 5.15 Å². The molecule has 0 saturated carbocycles. The lowest BCUT2D eigenvalue weighted by Crippen LogP contribution is -2.02. The van der Waals surface area contributed by atoms with Gasteiger partial charge < -0.3 is 0 Å². The van der Waals surface area contributed by atoms with Crippen molar-refractivity contribution in [2.75, 3.05) is 0 Å². The highest BCUT2D eigenvalue weighted by Gasteiger charge is 2.14. The summed E-state index contributed by atoms with van der Waals surface area (Å²) in [5.74, 6) is 0.230. The first kappa shape index (κ1) is 14.4. The van der Waals surface area contributed by atoms with Gasteiger partial charge in [-0.1, -0.05) is 25.4 Å². The van der Waals surface area contributed by atoms with Gasteiger partial charge in [-0.2, -0.15) is 5.26 Å². The molecule has 0 atom stereocenters. The van der Waals surface area contributed by atoms with E-state index in [1.54, 1.807) is 13.0 Å². The van der Waals surface area contributed by atoms with E-state index in [-0.39, 0.29) is 11.5 Å². The maximum absolute atomic E-state index is 13.6. The summed E-state index contributed by atoms with van der Waals surface area (Å²) in [6, 6.07) is 6.06. The van der Waals surface area contributed by atoms with Crippen molar-refractivity contribution in [1.82, 2.24) is 9.97 Å². The first-order valence-corrected chi connectivity index (χ1v) is 6.55. The van der Waals surface area contributed by atoms with Crippen molar-refractivity contribution in [3.63, 3.8) is 0 Å². The average Bonchev–Trinajstić information content (AvgIpc) is 2.40. The summed E-state index contributed by atoms with van der Waals surface area (Å²) in [6.45, 7) is 5.69. The van der Waals surface area contributed by atoms with Crippen LogP contribution in [-0.4, -0.2) is 9.97 Å². The molecule has 0 bridgehead atoms. The molecule has 0 saturated heterocycles. The van der Waals surface area contributed by atoms with E-state index >= 15 is 0 Å². The fourth-order valence-electron chi connectivity index (χ4n) is 1.84. The first-order chi connectivity index (χ1) is 9.42. The minimum absolute atomic E-state index is 0.107. The van der Waals surface area contributed by atoms with Crippen LogP contribution in [-0.2, 0) is 0 Å². The van der Waals surface area contributed by atoms with Crippen LogP contribution in [0.4, 0.5) is 4.39 Å². The normalized spacial score (nSPS) is 10.7. The third kappa shape index (κ3) is 2.78. The molecular formula is C15H13ClFN3. The third-order valence-corrected chi connectivity index (χ3v) is 3.29. The van der Waals surface area contributed by atoms with Crippen LogP contribution in [0.1, 0.15) is 36.7 Å². The topological polar surface area (TPSA) is 49.6 Å². The minimum atomic E-state index is -0.473. The molecule has 0 N–H and O–H groups in total. The van der Waals surface area contributed by atoms with Crippen molar-refractivity contribution in [3.8, 4) is 17.3 Å². The third-order valence-electron chi connectivity index (χ3n) is 2.92. The highest BCUT2D eigenvalue weighted by molar-refractivity contribution is 6.30. The summed E-state index contributed by atoms with van der Waals surface area (Å²) in [4.78, 5) is 8.67. The number of hydrogen-bond donors (Lipinski definition) is 0. The largest absolute Gasteiger partial charge is 0.232 e. The van der Waals surface area contributed by atoms with Gasteiger partial charge in [-0.25, -0.2) is 14.4 Å². The van der Waals surface area contributed by atoms with Crippen molar-refractivity contribution in [3.05, 3.63) is 46.1 Å². The van der Waals surface area contributed by atoms with Gasteiger partial charge in [-0.3, -0.25) is 0 Å². The molecular weight excluding hydrogens is 277 g/mol. The molecule has 2 aromatic rings. The SMILES string of the molecule is Cc1c(Cl)nc(C(C)C)nc1-c1cc(F)cc(C#N)c1. The smallest absolute Gasteiger partial charge is 0.136 e. The number of nitrogens with zero attached hydrogens (tertiary/aromatic N) is 3. The second kappa shape index (κ2) is 5.56. The first-order valence-electron chi connectivity index (χ1n) is 6.17. The molecule has 0 unspecified atom stereocenters. The van der Waals surface area contributed by atoms with E-state index in [0.717, 1.165) is 0 Å². The van der Waals surface area contributed by atoms with Crippen molar-refractivity contribution < 1.29 is 4.39 Å². The van der Waals surface area contributed by atoms with Gasteiger partial charge in [0.1, 0.15) is 16.8 Å². The summed E-state index contributed by atoms with van der Waals surface area (Å²) < 4.78 is 13.6.